The Bertz CT molecular complexity index is 684. The van der Waals surface area contributed by atoms with Gasteiger partial charge in [-0.15, -0.1) is 11.3 Å². The van der Waals surface area contributed by atoms with Crippen LogP contribution in [0.15, 0.2) is 29.6 Å². The number of thiazole rings is 1. The number of nitrogens with one attached hydrogen (secondary N) is 1. The van der Waals surface area contributed by atoms with Crippen molar-refractivity contribution >= 4 is 22.4 Å². The monoisotopic (exact) mass is 345 g/mol. The molecule has 0 spiro atoms. The first-order valence-electron chi connectivity index (χ1n) is 8.41. The molecule has 3 rings (SSSR count). The minimum atomic E-state index is 0.0161. The van der Waals surface area contributed by atoms with Crippen molar-refractivity contribution in [3.8, 4) is 17.0 Å². The maximum atomic E-state index is 12.2. The largest absolute Gasteiger partial charge is 0.494 e. The highest BCUT2D eigenvalue weighted by Crippen LogP contribution is 2.29. The van der Waals surface area contributed by atoms with Crippen LogP contribution in [-0.2, 0) is 4.79 Å². The van der Waals surface area contributed by atoms with Crippen molar-refractivity contribution < 1.29 is 9.53 Å². The molecule has 2 atom stereocenters. The van der Waals surface area contributed by atoms with Crippen LogP contribution in [0.4, 0.5) is 5.13 Å². The molecule has 1 aliphatic rings. The maximum absolute atomic E-state index is 12.2. The average molecular weight is 345 g/mol. The lowest BCUT2D eigenvalue weighted by Gasteiger charge is -2.08. The van der Waals surface area contributed by atoms with Gasteiger partial charge in [-0.05, 0) is 49.9 Å². The van der Waals surface area contributed by atoms with Gasteiger partial charge in [-0.2, -0.15) is 0 Å². The molecule has 1 aromatic heterocycles. The zero-order chi connectivity index (χ0) is 16.9. The minimum absolute atomic E-state index is 0.0161. The van der Waals surface area contributed by atoms with Crippen molar-refractivity contribution in [3.05, 3.63) is 29.6 Å². The summed E-state index contributed by atoms with van der Waals surface area (Å²) in [5.41, 5.74) is 7.75. The summed E-state index contributed by atoms with van der Waals surface area (Å²) < 4.78 is 5.58. The number of benzene rings is 1. The van der Waals surface area contributed by atoms with Crippen molar-refractivity contribution in [2.24, 2.45) is 11.7 Å². The van der Waals surface area contributed by atoms with E-state index in [1.165, 1.54) is 11.3 Å². The highest BCUT2D eigenvalue weighted by atomic mass is 32.1. The van der Waals surface area contributed by atoms with Crippen LogP contribution in [0.1, 0.15) is 32.6 Å². The predicted octanol–water partition coefficient (Wildman–Crippen LogP) is 3.66. The first-order valence-corrected chi connectivity index (χ1v) is 9.29. The Morgan fingerprint density at radius 3 is 2.83 bits per heavy atom. The summed E-state index contributed by atoms with van der Waals surface area (Å²) in [5, 5.41) is 5.52. The van der Waals surface area contributed by atoms with Crippen LogP contribution in [0.2, 0.25) is 0 Å². The normalized spacial score (nSPS) is 20.1. The molecule has 1 saturated carbocycles. The summed E-state index contributed by atoms with van der Waals surface area (Å²) >= 11 is 1.44. The van der Waals surface area contributed by atoms with Crippen LogP contribution in [0, 0.1) is 5.92 Å². The van der Waals surface area contributed by atoms with E-state index in [0.29, 0.717) is 5.13 Å². The fraction of sp³-hybridized carbons (Fsp3) is 0.444. The SMILES string of the molecule is CCCOc1ccc(-c2csc(NC(=O)C3CCC(N)C3)n2)cc1. The predicted molar refractivity (Wildman–Crippen MR) is 97.3 cm³/mol. The van der Waals surface area contributed by atoms with Crippen LogP contribution in [0.25, 0.3) is 11.3 Å². The molecule has 1 aliphatic carbocycles. The zero-order valence-corrected chi connectivity index (χ0v) is 14.6. The van der Waals surface area contributed by atoms with Gasteiger partial charge in [0.25, 0.3) is 0 Å². The van der Waals surface area contributed by atoms with Gasteiger partial charge in [0, 0.05) is 22.9 Å². The highest BCUT2D eigenvalue weighted by molar-refractivity contribution is 7.14. The van der Waals surface area contributed by atoms with E-state index in [1.807, 2.05) is 29.6 Å². The second-order valence-corrected chi connectivity index (χ2v) is 7.03. The lowest BCUT2D eigenvalue weighted by Crippen LogP contribution is -2.23. The van der Waals surface area contributed by atoms with Crippen molar-refractivity contribution in [1.29, 1.82) is 0 Å². The van der Waals surface area contributed by atoms with Gasteiger partial charge in [0.2, 0.25) is 5.91 Å². The third-order valence-corrected chi connectivity index (χ3v) is 4.96. The lowest BCUT2D eigenvalue weighted by atomic mass is 10.1. The van der Waals surface area contributed by atoms with E-state index in [-0.39, 0.29) is 17.9 Å². The summed E-state index contributed by atoms with van der Waals surface area (Å²) in [4.78, 5) is 16.8. The molecule has 1 fully saturated rings. The van der Waals surface area contributed by atoms with Gasteiger partial charge in [-0.25, -0.2) is 4.98 Å². The molecule has 1 heterocycles. The average Bonchev–Trinajstić information content (AvgIpc) is 3.22. The van der Waals surface area contributed by atoms with Gasteiger partial charge < -0.3 is 15.8 Å². The van der Waals surface area contributed by atoms with E-state index in [4.69, 9.17) is 10.5 Å². The number of hydrogen-bond acceptors (Lipinski definition) is 5. The van der Waals surface area contributed by atoms with E-state index in [0.717, 1.165) is 49.3 Å². The number of ether oxygens (including phenoxy) is 1. The molecule has 24 heavy (non-hydrogen) atoms. The molecule has 0 radical (unpaired) electrons. The molecular formula is C18H23N3O2S. The van der Waals surface area contributed by atoms with Gasteiger partial charge in [0.1, 0.15) is 5.75 Å². The first-order chi connectivity index (χ1) is 11.7. The van der Waals surface area contributed by atoms with Crippen molar-refractivity contribution in [2.45, 2.75) is 38.6 Å². The number of carbonyl (C=O) groups excluding carboxylic acids is 1. The number of amides is 1. The Morgan fingerprint density at radius 1 is 1.38 bits per heavy atom. The highest BCUT2D eigenvalue weighted by Gasteiger charge is 2.28. The van der Waals surface area contributed by atoms with Gasteiger partial charge >= 0.3 is 0 Å². The number of nitrogens with zero attached hydrogens (tertiary/aromatic N) is 1. The second-order valence-electron chi connectivity index (χ2n) is 6.17. The Kier molecular flexibility index (Phi) is 5.48. The molecule has 0 saturated heterocycles. The summed E-state index contributed by atoms with van der Waals surface area (Å²) in [6.07, 6.45) is 3.55. The standard InChI is InChI=1S/C18H23N3O2S/c1-2-9-23-15-7-4-12(5-8-15)16-11-24-18(20-16)21-17(22)13-3-6-14(19)10-13/h4-5,7-8,11,13-14H,2-3,6,9-10,19H2,1H3,(H,20,21,22). The molecule has 128 valence electrons. The Labute approximate surface area is 146 Å². The van der Waals surface area contributed by atoms with Crippen LogP contribution in [0.3, 0.4) is 0 Å². The van der Waals surface area contributed by atoms with E-state index >= 15 is 0 Å². The Morgan fingerprint density at radius 2 is 2.17 bits per heavy atom. The van der Waals surface area contributed by atoms with Crippen molar-refractivity contribution in [3.63, 3.8) is 0 Å². The minimum Gasteiger partial charge on any atom is -0.494 e. The summed E-state index contributed by atoms with van der Waals surface area (Å²) in [6, 6.07) is 8.02. The van der Waals surface area contributed by atoms with Gasteiger partial charge in [-0.3, -0.25) is 4.79 Å². The molecule has 1 aromatic carbocycles. The van der Waals surface area contributed by atoms with Crippen LogP contribution in [-0.4, -0.2) is 23.5 Å². The second kappa shape index (κ2) is 7.77. The third-order valence-electron chi connectivity index (χ3n) is 4.20. The number of rotatable bonds is 6. The Balaban J connectivity index is 1.61. The third kappa shape index (κ3) is 4.13. The number of anilines is 1. The number of nitrogens with two attached hydrogens (primary N) is 1. The molecule has 1 amide bonds. The van der Waals surface area contributed by atoms with Gasteiger partial charge in [-0.1, -0.05) is 6.92 Å². The summed E-state index contributed by atoms with van der Waals surface area (Å²) in [6.45, 7) is 2.80. The Hall–Kier alpha value is -1.92. The molecule has 2 aromatic rings. The lowest BCUT2D eigenvalue weighted by molar-refractivity contribution is -0.119. The molecule has 5 nitrogen and oxygen atoms in total. The molecule has 6 heteroatoms. The van der Waals surface area contributed by atoms with E-state index in [9.17, 15) is 4.79 Å². The van der Waals surface area contributed by atoms with Crippen molar-refractivity contribution in [2.75, 3.05) is 11.9 Å². The summed E-state index contributed by atoms with van der Waals surface area (Å²) in [7, 11) is 0. The van der Waals surface area contributed by atoms with E-state index < -0.39 is 0 Å². The quantitative estimate of drug-likeness (QED) is 0.837. The molecular weight excluding hydrogens is 322 g/mol. The van der Waals surface area contributed by atoms with Gasteiger partial charge in [0.05, 0.1) is 12.3 Å². The van der Waals surface area contributed by atoms with Gasteiger partial charge in [0.15, 0.2) is 5.13 Å². The van der Waals surface area contributed by atoms with E-state index in [1.54, 1.807) is 0 Å². The number of hydrogen-bond donors (Lipinski definition) is 2. The number of carbonyl (C=O) groups is 1. The van der Waals surface area contributed by atoms with Crippen LogP contribution in [0.5, 0.6) is 5.75 Å². The van der Waals surface area contributed by atoms with E-state index in [2.05, 4.69) is 17.2 Å². The number of aromatic nitrogens is 1. The fourth-order valence-corrected chi connectivity index (χ4v) is 3.59. The van der Waals surface area contributed by atoms with Crippen LogP contribution < -0.4 is 15.8 Å². The summed E-state index contributed by atoms with van der Waals surface area (Å²) in [5.74, 6) is 0.913. The topological polar surface area (TPSA) is 77.2 Å². The first kappa shape index (κ1) is 16.9. The van der Waals surface area contributed by atoms with Crippen molar-refractivity contribution in [1.82, 2.24) is 4.98 Å². The molecule has 0 aliphatic heterocycles. The maximum Gasteiger partial charge on any atom is 0.229 e. The zero-order valence-electron chi connectivity index (χ0n) is 13.8. The fourth-order valence-electron chi connectivity index (χ4n) is 2.87. The molecule has 3 N–H and O–H groups in total. The molecule has 2 unspecified atom stereocenters. The smallest absolute Gasteiger partial charge is 0.229 e. The van der Waals surface area contributed by atoms with Crippen LogP contribution >= 0.6 is 11.3 Å². The molecule has 0 bridgehead atoms.